The second-order valence-corrected chi connectivity index (χ2v) is 11.8. The minimum Gasteiger partial charge on any atom is -0.497 e. The van der Waals surface area contributed by atoms with E-state index in [4.69, 9.17) is 39.5 Å². The number of rotatable bonds is 6. The second kappa shape index (κ2) is 12.0. The van der Waals surface area contributed by atoms with Crippen molar-refractivity contribution in [3.05, 3.63) is 92.3 Å². The molecular formula is C32H31Cl3N4O3. The lowest BCUT2D eigenvalue weighted by Gasteiger charge is -2.40. The molecule has 218 valence electrons. The number of hydrogen-bond donors (Lipinski definition) is 0. The average Bonchev–Trinajstić information content (AvgIpc) is 2.97. The van der Waals surface area contributed by atoms with Gasteiger partial charge in [0.1, 0.15) is 11.6 Å². The van der Waals surface area contributed by atoms with Gasteiger partial charge in [-0.3, -0.25) is 9.36 Å². The zero-order valence-electron chi connectivity index (χ0n) is 23.8. The van der Waals surface area contributed by atoms with Crippen LogP contribution in [-0.4, -0.2) is 53.1 Å². The second-order valence-electron chi connectivity index (χ2n) is 10.6. The maximum atomic E-state index is 14.0. The SMILES string of the molecule is C=CC(=O)N1CCN(c2nc(=O)n(-c3ccccc3C(C)C)c3cc(-c4cc(OC)cc(Cl)c4Cl)c(Cl)cc23)[C@@H](C)C1. The Morgan fingerprint density at radius 2 is 1.81 bits per heavy atom. The molecule has 4 aromatic rings. The molecule has 0 radical (unpaired) electrons. The molecule has 1 aliphatic heterocycles. The van der Waals surface area contributed by atoms with Crippen LogP contribution in [0.5, 0.6) is 5.75 Å². The van der Waals surface area contributed by atoms with Crippen LogP contribution in [0.25, 0.3) is 27.7 Å². The fourth-order valence-corrected chi connectivity index (χ4v) is 6.23. The summed E-state index contributed by atoms with van der Waals surface area (Å²) < 4.78 is 7.08. The number of methoxy groups -OCH3 is 1. The summed E-state index contributed by atoms with van der Waals surface area (Å²) in [6, 6.07) is 14.8. The Labute approximate surface area is 259 Å². The number of hydrogen-bond acceptors (Lipinski definition) is 5. The van der Waals surface area contributed by atoms with Gasteiger partial charge in [0, 0.05) is 53.3 Å². The van der Waals surface area contributed by atoms with Gasteiger partial charge in [-0.1, -0.05) is 73.4 Å². The summed E-state index contributed by atoms with van der Waals surface area (Å²) in [7, 11) is 1.55. The molecule has 7 nitrogen and oxygen atoms in total. The van der Waals surface area contributed by atoms with Gasteiger partial charge < -0.3 is 14.5 Å². The van der Waals surface area contributed by atoms with E-state index in [1.54, 1.807) is 28.7 Å². The van der Waals surface area contributed by atoms with Gasteiger partial charge in [-0.05, 0) is 48.7 Å². The first-order chi connectivity index (χ1) is 20.0. The van der Waals surface area contributed by atoms with Gasteiger partial charge in [0.15, 0.2) is 0 Å². The Bertz CT molecular complexity index is 1770. The lowest BCUT2D eigenvalue weighted by Crippen LogP contribution is -2.54. The third kappa shape index (κ3) is 5.37. The highest BCUT2D eigenvalue weighted by atomic mass is 35.5. The number of amides is 1. The van der Waals surface area contributed by atoms with Crippen LogP contribution in [0.3, 0.4) is 0 Å². The van der Waals surface area contributed by atoms with Crippen molar-refractivity contribution in [2.75, 3.05) is 31.6 Å². The summed E-state index contributed by atoms with van der Waals surface area (Å²) in [6.45, 7) is 11.2. The van der Waals surface area contributed by atoms with Crippen LogP contribution in [-0.2, 0) is 4.79 Å². The van der Waals surface area contributed by atoms with Crippen molar-refractivity contribution >= 4 is 57.4 Å². The molecule has 0 unspecified atom stereocenters. The monoisotopic (exact) mass is 624 g/mol. The molecule has 1 fully saturated rings. The summed E-state index contributed by atoms with van der Waals surface area (Å²) in [6.07, 6.45) is 1.32. The van der Waals surface area contributed by atoms with Crippen molar-refractivity contribution in [1.29, 1.82) is 0 Å². The first-order valence-electron chi connectivity index (χ1n) is 13.6. The Kier molecular flexibility index (Phi) is 8.56. The molecule has 0 N–H and O–H groups in total. The summed E-state index contributed by atoms with van der Waals surface area (Å²) in [4.78, 5) is 34.7. The van der Waals surface area contributed by atoms with Crippen molar-refractivity contribution in [3.8, 4) is 22.6 Å². The number of carbonyl (C=O) groups excluding carboxylic acids is 1. The number of para-hydroxylation sites is 1. The number of carbonyl (C=O) groups is 1. The summed E-state index contributed by atoms with van der Waals surface area (Å²) >= 11 is 20.1. The molecule has 42 heavy (non-hydrogen) atoms. The van der Waals surface area contributed by atoms with Crippen molar-refractivity contribution in [2.45, 2.75) is 32.7 Å². The maximum absolute atomic E-state index is 14.0. The van der Waals surface area contributed by atoms with Crippen LogP contribution in [0.4, 0.5) is 5.82 Å². The van der Waals surface area contributed by atoms with Crippen molar-refractivity contribution < 1.29 is 9.53 Å². The predicted octanol–water partition coefficient (Wildman–Crippen LogP) is 7.37. The lowest BCUT2D eigenvalue weighted by molar-refractivity contribution is -0.126. The van der Waals surface area contributed by atoms with Gasteiger partial charge in [0.25, 0.3) is 0 Å². The van der Waals surface area contributed by atoms with E-state index in [0.717, 1.165) is 11.3 Å². The number of anilines is 1. The Hall–Kier alpha value is -3.52. The number of aromatic nitrogens is 2. The molecule has 0 saturated carbocycles. The van der Waals surface area contributed by atoms with Crippen molar-refractivity contribution in [3.63, 3.8) is 0 Å². The highest BCUT2D eigenvalue weighted by Gasteiger charge is 2.30. The van der Waals surface area contributed by atoms with E-state index in [-0.39, 0.29) is 17.9 Å². The van der Waals surface area contributed by atoms with Gasteiger partial charge in [0.2, 0.25) is 5.91 Å². The topological polar surface area (TPSA) is 67.7 Å². The molecule has 1 amide bonds. The number of halogens is 3. The first kappa shape index (κ1) is 30.0. The molecule has 0 bridgehead atoms. The number of piperazine rings is 1. The standard InChI is InChI=1S/C32H31Cl3N4O3/c1-6-29(40)37-11-12-38(19(4)17-37)31-24-15-25(33)22(23-13-20(42-5)14-26(34)30(23)35)16-28(24)39(32(41)36-31)27-10-8-7-9-21(27)18(2)3/h6-10,13-16,18-19H,1,11-12,17H2,2-5H3/t19-/m0/s1. The van der Waals surface area contributed by atoms with Gasteiger partial charge in [-0.25, -0.2) is 4.79 Å². The van der Waals surface area contributed by atoms with Crippen molar-refractivity contribution in [1.82, 2.24) is 14.5 Å². The van der Waals surface area contributed by atoms with E-state index in [1.807, 2.05) is 43.3 Å². The molecule has 0 aliphatic carbocycles. The van der Waals surface area contributed by atoms with Crippen molar-refractivity contribution in [2.24, 2.45) is 0 Å². The van der Waals surface area contributed by atoms with Crippen LogP contribution in [0.2, 0.25) is 15.1 Å². The fraction of sp³-hybridized carbons (Fsp3) is 0.281. The summed E-state index contributed by atoms with van der Waals surface area (Å²) in [5, 5.41) is 1.75. The largest absolute Gasteiger partial charge is 0.497 e. The molecule has 10 heteroatoms. The highest BCUT2D eigenvalue weighted by Crippen LogP contribution is 2.43. The van der Waals surface area contributed by atoms with E-state index in [0.29, 0.717) is 68.3 Å². The molecule has 1 atom stereocenters. The fourth-order valence-electron chi connectivity index (χ4n) is 5.55. The van der Waals surface area contributed by atoms with Crippen LogP contribution < -0.4 is 15.3 Å². The molecule has 1 aromatic heterocycles. The number of benzene rings is 3. The Morgan fingerprint density at radius 1 is 1.07 bits per heavy atom. The minimum atomic E-state index is -0.426. The van der Waals surface area contributed by atoms with Crippen LogP contribution in [0, 0.1) is 0 Å². The smallest absolute Gasteiger partial charge is 0.354 e. The van der Waals surface area contributed by atoms with E-state index < -0.39 is 5.69 Å². The Balaban J connectivity index is 1.81. The third-order valence-corrected chi connectivity index (χ3v) is 8.79. The molecular weight excluding hydrogens is 595 g/mol. The zero-order valence-corrected chi connectivity index (χ0v) is 26.1. The molecule has 1 saturated heterocycles. The van der Waals surface area contributed by atoms with E-state index in [9.17, 15) is 9.59 Å². The van der Waals surface area contributed by atoms with Gasteiger partial charge in [-0.2, -0.15) is 4.98 Å². The molecule has 5 rings (SSSR count). The third-order valence-electron chi connectivity index (χ3n) is 7.67. The molecule has 3 aromatic carbocycles. The normalized spacial score (nSPS) is 15.4. The molecule has 1 aliphatic rings. The van der Waals surface area contributed by atoms with E-state index in [1.165, 1.54) is 6.08 Å². The van der Waals surface area contributed by atoms with Crippen LogP contribution >= 0.6 is 34.8 Å². The summed E-state index contributed by atoms with van der Waals surface area (Å²) in [5.41, 5.74) is 3.09. The summed E-state index contributed by atoms with van der Waals surface area (Å²) in [5.74, 6) is 1.06. The zero-order chi connectivity index (χ0) is 30.3. The molecule has 2 heterocycles. The van der Waals surface area contributed by atoms with E-state index >= 15 is 0 Å². The number of nitrogens with zero attached hydrogens (tertiary/aromatic N) is 4. The predicted molar refractivity (Wildman–Crippen MR) is 172 cm³/mol. The highest BCUT2D eigenvalue weighted by molar-refractivity contribution is 6.44. The van der Waals surface area contributed by atoms with Crippen LogP contribution in [0.1, 0.15) is 32.3 Å². The molecule has 0 spiro atoms. The van der Waals surface area contributed by atoms with Gasteiger partial charge in [0.05, 0.1) is 28.4 Å². The first-order valence-corrected chi connectivity index (χ1v) is 14.8. The van der Waals surface area contributed by atoms with E-state index in [2.05, 4.69) is 30.3 Å². The van der Waals surface area contributed by atoms with Gasteiger partial charge >= 0.3 is 5.69 Å². The van der Waals surface area contributed by atoms with Gasteiger partial charge in [-0.15, -0.1) is 0 Å². The number of fused-ring (bicyclic) bond motifs is 1. The maximum Gasteiger partial charge on any atom is 0.354 e. The lowest BCUT2D eigenvalue weighted by atomic mass is 9.99. The van der Waals surface area contributed by atoms with Crippen LogP contribution in [0.15, 0.2) is 66.0 Å². The minimum absolute atomic E-state index is 0.110. The Morgan fingerprint density at radius 3 is 2.48 bits per heavy atom. The number of ether oxygens (including phenoxy) is 1. The quantitative estimate of drug-likeness (QED) is 0.209. The average molecular weight is 626 g/mol.